The van der Waals surface area contributed by atoms with Crippen LogP contribution in [0.5, 0.6) is 0 Å². The second-order valence-corrected chi connectivity index (χ2v) is 4.96. The molecule has 19 heavy (non-hydrogen) atoms. The fourth-order valence-electron chi connectivity index (χ4n) is 2.12. The average molecular weight is 279 g/mol. The van der Waals surface area contributed by atoms with E-state index < -0.39 is 6.08 Å². The predicted octanol–water partition coefficient (Wildman–Crippen LogP) is 5.61. The number of rotatable bonds is 2. The Bertz CT molecular complexity index is 603. The summed E-state index contributed by atoms with van der Waals surface area (Å²) in [4.78, 5) is 0. The lowest BCUT2D eigenvalue weighted by atomic mass is 9.96. The van der Waals surface area contributed by atoms with Gasteiger partial charge in [0, 0.05) is 5.02 Å². The smallest absolute Gasteiger partial charge is 0.173 e. The summed E-state index contributed by atoms with van der Waals surface area (Å²) in [7, 11) is 0. The van der Waals surface area contributed by atoms with Gasteiger partial charge in [0.05, 0.1) is 5.57 Å². The lowest BCUT2D eigenvalue weighted by Crippen LogP contribution is -1.92. The molecule has 0 aliphatic heterocycles. The zero-order chi connectivity index (χ0) is 14.0. The van der Waals surface area contributed by atoms with E-state index in [-0.39, 0.29) is 5.57 Å². The van der Waals surface area contributed by atoms with Crippen molar-refractivity contribution in [2.75, 3.05) is 0 Å². The van der Waals surface area contributed by atoms with Crippen LogP contribution in [-0.2, 0) is 0 Å². The van der Waals surface area contributed by atoms with Gasteiger partial charge in [-0.05, 0) is 37.1 Å². The zero-order valence-corrected chi connectivity index (χ0v) is 11.4. The number of hydrogen-bond donors (Lipinski definition) is 0. The van der Waals surface area contributed by atoms with Crippen LogP contribution in [-0.4, -0.2) is 0 Å². The standard InChI is InChI=1S/C16H13ClF2/c1-10-7-11(2)9-13(8-10)15(16(18)19)12-3-5-14(17)6-4-12/h3-9H,1-2H3. The Morgan fingerprint density at radius 1 is 0.842 bits per heavy atom. The third-order valence-corrected chi connectivity index (χ3v) is 3.08. The van der Waals surface area contributed by atoms with Crippen molar-refractivity contribution in [2.24, 2.45) is 0 Å². The summed E-state index contributed by atoms with van der Waals surface area (Å²) in [6, 6.07) is 11.9. The van der Waals surface area contributed by atoms with Gasteiger partial charge >= 0.3 is 0 Å². The topological polar surface area (TPSA) is 0 Å². The molecule has 2 aromatic rings. The molecule has 0 atom stereocenters. The second kappa shape index (κ2) is 5.54. The summed E-state index contributed by atoms with van der Waals surface area (Å²) in [5.74, 6) is 0. The van der Waals surface area contributed by atoms with Crippen molar-refractivity contribution < 1.29 is 8.78 Å². The molecule has 2 aromatic carbocycles. The molecular formula is C16H13ClF2. The maximum atomic E-state index is 13.3. The van der Waals surface area contributed by atoms with Crippen LogP contribution in [0.15, 0.2) is 48.5 Å². The predicted molar refractivity (Wildman–Crippen MR) is 75.6 cm³/mol. The molecule has 0 bridgehead atoms. The minimum absolute atomic E-state index is 0.0385. The lowest BCUT2D eigenvalue weighted by Gasteiger charge is -2.09. The summed E-state index contributed by atoms with van der Waals surface area (Å²) in [5, 5.41) is 0.530. The summed E-state index contributed by atoms with van der Waals surface area (Å²) in [6.45, 7) is 3.79. The molecule has 98 valence electrons. The molecule has 0 spiro atoms. The van der Waals surface area contributed by atoms with Gasteiger partial charge in [0.1, 0.15) is 0 Å². The molecule has 0 aliphatic rings. The molecule has 0 saturated carbocycles. The van der Waals surface area contributed by atoms with Crippen molar-refractivity contribution in [1.82, 2.24) is 0 Å². The first-order valence-corrected chi connectivity index (χ1v) is 6.25. The van der Waals surface area contributed by atoms with E-state index in [1.807, 2.05) is 19.9 Å². The molecule has 2 rings (SSSR count). The third-order valence-electron chi connectivity index (χ3n) is 2.83. The molecule has 0 saturated heterocycles. The Labute approximate surface area is 116 Å². The first-order chi connectivity index (χ1) is 8.97. The van der Waals surface area contributed by atoms with E-state index in [9.17, 15) is 8.78 Å². The van der Waals surface area contributed by atoms with Crippen LogP contribution in [0.2, 0.25) is 5.02 Å². The van der Waals surface area contributed by atoms with Crippen LogP contribution in [0, 0.1) is 13.8 Å². The molecule has 0 nitrogen and oxygen atoms in total. The Hall–Kier alpha value is -1.67. The van der Waals surface area contributed by atoms with Crippen LogP contribution in [0.25, 0.3) is 5.57 Å². The van der Waals surface area contributed by atoms with Gasteiger partial charge in [-0.1, -0.05) is 53.1 Å². The summed E-state index contributed by atoms with van der Waals surface area (Å²) >= 11 is 5.79. The highest BCUT2D eigenvalue weighted by atomic mass is 35.5. The molecule has 0 amide bonds. The molecule has 0 aromatic heterocycles. The third kappa shape index (κ3) is 3.21. The Balaban J connectivity index is 2.59. The maximum absolute atomic E-state index is 13.3. The van der Waals surface area contributed by atoms with Gasteiger partial charge in [-0.15, -0.1) is 0 Å². The number of hydrogen-bond acceptors (Lipinski definition) is 0. The molecule has 0 N–H and O–H groups in total. The molecule has 3 heteroatoms. The van der Waals surface area contributed by atoms with E-state index in [0.717, 1.165) is 11.1 Å². The first kappa shape index (κ1) is 13.8. The monoisotopic (exact) mass is 278 g/mol. The summed E-state index contributed by atoms with van der Waals surface area (Å²) in [5.41, 5.74) is 2.88. The van der Waals surface area contributed by atoms with Gasteiger partial charge in [0.2, 0.25) is 0 Å². The minimum Gasteiger partial charge on any atom is -0.173 e. The summed E-state index contributed by atoms with van der Waals surface area (Å²) < 4.78 is 26.6. The first-order valence-electron chi connectivity index (χ1n) is 5.87. The molecular weight excluding hydrogens is 266 g/mol. The van der Waals surface area contributed by atoms with Crippen molar-refractivity contribution in [3.8, 4) is 0 Å². The number of benzene rings is 2. The molecule has 0 unspecified atom stereocenters. The Morgan fingerprint density at radius 3 is 1.84 bits per heavy atom. The highest BCUT2D eigenvalue weighted by Gasteiger charge is 2.13. The van der Waals surface area contributed by atoms with Crippen LogP contribution < -0.4 is 0 Å². The van der Waals surface area contributed by atoms with E-state index in [0.29, 0.717) is 16.1 Å². The van der Waals surface area contributed by atoms with Crippen LogP contribution >= 0.6 is 11.6 Å². The fraction of sp³-hybridized carbons (Fsp3) is 0.125. The largest absolute Gasteiger partial charge is 0.278 e. The van der Waals surface area contributed by atoms with Crippen molar-refractivity contribution in [3.05, 3.63) is 75.8 Å². The normalized spacial score (nSPS) is 10.4. The quantitative estimate of drug-likeness (QED) is 0.669. The van der Waals surface area contributed by atoms with Crippen molar-refractivity contribution >= 4 is 17.2 Å². The van der Waals surface area contributed by atoms with E-state index in [2.05, 4.69) is 0 Å². The maximum Gasteiger partial charge on any atom is 0.278 e. The van der Waals surface area contributed by atoms with E-state index in [4.69, 9.17) is 11.6 Å². The van der Waals surface area contributed by atoms with Crippen molar-refractivity contribution in [1.29, 1.82) is 0 Å². The van der Waals surface area contributed by atoms with Gasteiger partial charge in [-0.25, -0.2) is 0 Å². The summed E-state index contributed by atoms with van der Waals surface area (Å²) in [6.07, 6.45) is -1.69. The highest BCUT2D eigenvalue weighted by molar-refractivity contribution is 6.30. The van der Waals surface area contributed by atoms with Crippen molar-refractivity contribution in [2.45, 2.75) is 13.8 Å². The number of aryl methyl sites for hydroxylation is 2. The SMILES string of the molecule is Cc1cc(C)cc(C(=C(F)F)c2ccc(Cl)cc2)c1. The Morgan fingerprint density at radius 2 is 1.37 bits per heavy atom. The van der Waals surface area contributed by atoms with Gasteiger partial charge in [-0.2, -0.15) is 8.78 Å². The Kier molecular flexibility index (Phi) is 4.01. The molecule has 0 aliphatic carbocycles. The van der Waals surface area contributed by atoms with Crippen LogP contribution in [0.1, 0.15) is 22.3 Å². The molecule has 0 fully saturated rings. The van der Waals surface area contributed by atoms with E-state index >= 15 is 0 Å². The van der Waals surface area contributed by atoms with Crippen LogP contribution in [0.4, 0.5) is 8.78 Å². The van der Waals surface area contributed by atoms with E-state index in [1.54, 1.807) is 36.4 Å². The van der Waals surface area contributed by atoms with Gasteiger partial charge in [-0.3, -0.25) is 0 Å². The minimum atomic E-state index is -1.69. The van der Waals surface area contributed by atoms with Gasteiger partial charge in [0.15, 0.2) is 0 Å². The fourth-order valence-corrected chi connectivity index (χ4v) is 2.25. The average Bonchev–Trinajstić information content (AvgIpc) is 2.30. The second-order valence-electron chi connectivity index (χ2n) is 4.52. The lowest BCUT2D eigenvalue weighted by molar-refractivity contribution is 0.426. The van der Waals surface area contributed by atoms with Crippen molar-refractivity contribution in [3.63, 3.8) is 0 Å². The number of halogens is 3. The highest BCUT2D eigenvalue weighted by Crippen LogP contribution is 2.30. The van der Waals surface area contributed by atoms with E-state index in [1.165, 1.54) is 0 Å². The van der Waals surface area contributed by atoms with Gasteiger partial charge in [0.25, 0.3) is 6.08 Å². The van der Waals surface area contributed by atoms with Crippen LogP contribution in [0.3, 0.4) is 0 Å². The molecule has 0 radical (unpaired) electrons. The molecule has 0 heterocycles. The zero-order valence-electron chi connectivity index (χ0n) is 10.7. The van der Waals surface area contributed by atoms with Gasteiger partial charge < -0.3 is 0 Å².